The number of carbonyl (C=O) groups excluding carboxylic acids is 1. The Labute approximate surface area is 117 Å². The van der Waals surface area contributed by atoms with Gasteiger partial charge in [0, 0.05) is 11.7 Å². The molecule has 0 spiro atoms. The molecule has 1 aliphatic rings. The fourth-order valence-corrected chi connectivity index (χ4v) is 2.57. The lowest BCUT2D eigenvalue weighted by atomic mass is 10.1. The lowest BCUT2D eigenvalue weighted by Gasteiger charge is -2.23. The molecule has 0 aliphatic carbocycles. The summed E-state index contributed by atoms with van der Waals surface area (Å²) in [5, 5.41) is 0. The molecule has 20 heavy (non-hydrogen) atoms. The molecular formula is C15H15N3O2. The molecule has 0 N–H and O–H groups in total. The minimum atomic E-state index is -0.473. The van der Waals surface area contributed by atoms with Gasteiger partial charge in [-0.05, 0) is 25.0 Å². The minimum absolute atomic E-state index is 0.219. The molecule has 2 aromatic rings. The molecule has 2 heterocycles. The zero-order valence-electron chi connectivity index (χ0n) is 11.4. The highest BCUT2D eigenvalue weighted by Gasteiger charge is 2.27. The van der Waals surface area contributed by atoms with Crippen LogP contribution in [0.3, 0.4) is 0 Å². The second-order valence-electron chi connectivity index (χ2n) is 4.80. The Bertz CT molecular complexity index is 640. The summed E-state index contributed by atoms with van der Waals surface area (Å²) >= 11 is 0. The Hall–Kier alpha value is -2.43. The van der Waals surface area contributed by atoms with E-state index in [0.717, 1.165) is 17.9 Å². The largest absolute Gasteiger partial charge is 0.464 e. The van der Waals surface area contributed by atoms with Gasteiger partial charge in [-0.15, -0.1) is 0 Å². The van der Waals surface area contributed by atoms with Crippen LogP contribution in [-0.4, -0.2) is 29.1 Å². The Morgan fingerprint density at radius 1 is 1.30 bits per heavy atom. The lowest BCUT2D eigenvalue weighted by Crippen LogP contribution is -2.25. The number of aromatic nitrogens is 2. The average Bonchev–Trinajstić information content (AvgIpc) is 2.82. The molecule has 1 atom stereocenters. The number of hydrogen-bond donors (Lipinski definition) is 0. The molecule has 1 aliphatic heterocycles. The number of methoxy groups -OCH3 is 1. The number of hydrogen-bond acceptors (Lipinski definition) is 5. The van der Waals surface area contributed by atoms with Gasteiger partial charge in [-0.3, -0.25) is 0 Å². The van der Waals surface area contributed by atoms with Crippen molar-refractivity contribution in [3.05, 3.63) is 47.9 Å². The molecule has 0 saturated heterocycles. The Morgan fingerprint density at radius 3 is 2.80 bits per heavy atom. The van der Waals surface area contributed by atoms with Crippen molar-refractivity contribution in [2.24, 2.45) is 0 Å². The van der Waals surface area contributed by atoms with Gasteiger partial charge >= 0.3 is 5.97 Å². The van der Waals surface area contributed by atoms with Crippen molar-refractivity contribution in [2.75, 3.05) is 12.0 Å². The highest BCUT2D eigenvalue weighted by molar-refractivity contribution is 5.86. The maximum Gasteiger partial charge on any atom is 0.358 e. The van der Waals surface area contributed by atoms with E-state index in [9.17, 15) is 4.79 Å². The van der Waals surface area contributed by atoms with Gasteiger partial charge in [0.2, 0.25) is 0 Å². The molecule has 0 radical (unpaired) electrons. The van der Waals surface area contributed by atoms with Crippen LogP contribution in [0.15, 0.2) is 36.7 Å². The second-order valence-corrected chi connectivity index (χ2v) is 4.80. The van der Waals surface area contributed by atoms with E-state index >= 15 is 0 Å². The molecule has 5 nitrogen and oxygen atoms in total. The van der Waals surface area contributed by atoms with Gasteiger partial charge in [-0.1, -0.05) is 18.2 Å². The quantitative estimate of drug-likeness (QED) is 0.783. The maximum absolute atomic E-state index is 11.4. The molecule has 0 amide bonds. The van der Waals surface area contributed by atoms with Gasteiger partial charge < -0.3 is 9.64 Å². The summed E-state index contributed by atoms with van der Waals surface area (Å²) in [6.45, 7) is 2.15. The first-order valence-corrected chi connectivity index (χ1v) is 6.48. The van der Waals surface area contributed by atoms with E-state index in [4.69, 9.17) is 0 Å². The highest BCUT2D eigenvalue weighted by atomic mass is 16.5. The summed E-state index contributed by atoms with van der Waals surface area (Å²) in [7, 11) is 1.33. The number of fused-ring (bicyclic) bond motifs is 1. The molecular weight excluding hydrogens is 254 g/mol. The van der Waals surface area contributed by atoms with Crippen LogP contribution in [0.5, 0.6) is 0 Å². The fraction of sp³-hybridized carbons (Fsp3) is 0.267. The van der Waals surface area contributed by atoms with Gasteiger partial charge in [0.15, 0.2) is 11.5 Å². The number of rotatable bonds is 2. The number of esters is 1. The van der Waals surface area contributed by atoms with Gasteiger partial charge in [-0.2, -0.15) is 0 Å². The van der Waals surface area contributed by atoms with Gasteiger partial charge in [-0.25, -0.2) is 14.8 Å². The predicted octanol–water partition coefficient (Wildman–Crippen LogP) is 2.35. The van der Waals surface area contributed by atoms with Crippen molar-refractivity contribution >= 4 is 17.5 Å². The van der Waals surface area contributed by atoms with Crippen molar-refractivity contribution < 1.29 is 9.53 Å². The number of ether oxygens (including phenoxy) is 1. The van der Waals surface area contributed by atoms with Crippen LogP contribution in [0, 0.1) is 0 Å². The van der Waals surface area contributed by atoms with Crippen LogP contribution in [-0.2, 0) is 11.2 Å². The molecule has 1 unspecified atom stereocenters. The van der Waals surface area contributed by atoms with Gasteiger partial charge in [0.1, 0.15) is 0 Å². The molecule has 3 rings (SSSR count). The van der Waals surface area contributed by atoms with E-state index in [-0.39, 0.29) is 5.69 Å². The topological polar surface area (TPSA) is 55.3 Å². The number of benzene rings is 1. The van der Waals surface area contributed by atoms with Gasteiger partial charge in [0.05, 0.1) is 19.5 Å². The Morgan fingerprint density at radius 2 is 2.10 bits per heavy atom. The molecule has 0 fully saturated rings. The van der Waals surface area contributed by atoms with Gasteiger partial charge in [0.25, 0.3) is 0 Å². The summed E-state index contributed by atoms with van der Waals surface area (Å²) in [6.07, 6.45) is 4.05. The standard InChI is InChI=1S/C15H15N3O2/c1-10-7-11-5-3-4-6-13(11)18(10)14-9-16-12(8-17-14)15(19)20-2/h3-6,8-10H,7H2,1-2H3. The van der Waals surface area contributed by atoms with Crippen LogP contribution in [0.1, 0.15) is 23.0 Å². The monoisotopic (exact) mass is 269 g/mol. The molecule has 0 bridgehead atoms. The predicted molar refractivity (Wildman–Crippen MR) is 75.1 cm³/mol. The summed E-state index contributed by atoms with van der Waals surface area (Å²) in [5.41, 5.74) is 2.68. The van der Waals surface area contributed by atoms with Crippen molar-refractivity contribution in [2.45, 2.75) is 19.4 Å². The Kier molecular flexibility index (Phi) is 3.10. The average molecular weight is 269 g/mol. The molecule has 1 aromatic carbocycles. The third-order valence-corrected chi connectivity index (χ3v) is 3.49. The number of nitrogens with zero attached hydrogens (tertiary/aromatic N) is 3. The molecule has 0 saturated carbocycles. The number of anilines is 2. The van der Waals surface area contributed by atoms with E-state index in [1.54, 1.807) is 6.20 Å². The third kappa shape index (κ3) is 2.01. The number of para-hydroxylation sites is 1. The van der Waals surface area contributed by atoms with Crippen LogP contribution in [0.4, 0.5) is 11.5 Å². The molecule has 102 valence electrons. The SMILES string of the molecule is COC(=O)c1cnc(N2c3ccccc3CC2C)cn1. The van der Waals surface area contributed by atoms with E-state index in [1.165, 1.54) is 18.9 Å². The molecule has 5 heteroatoms. The normalized spacial score (nSPS) is 16.9. The van der Waals surface area contributed by atoms with Crippen molar-refractivity contribution in [3.63, 3.8) is 0 Å². The summed E-state index contributed by atoms with van der Waals surface area (Å²) < 4.78 is 4.62. The van der Waals surface area contributed by atoms with Crippen molar-refractivity contribution in [3.8, 4) is 0 Å². The first kappa shape index (κ1) is 12.6. The van der Waals surface area contributed by atoms with E-state index in [2.05, 4.69) is 38.7 Å². The second kappa shape index (κ2) is 4.92. The number of carbonyl (C=O) groups is 1. The summed E-state index contributed by atoms with van der Waals surface area (Å²) in [5.74, 6) is 0.272. The summed E-state index contributed by atoms with van der Waals surface area (Å²) in [4.78, 5) is 22.0. The smallest absolute Gasteiger partial charge is 0.358 e. The first-order valence-electron chi connectivity index (χ1n) is 6.48. The first-order chi connectivity index (χ1) is 9.70. The van der Waals surface area contributed by atoms with E-state index in [1.807, 2.05) is 12.1 Å². The van der Waals surface area contributed by atoms with E-state index in [0.29, 0.717) is 6.04 Å². The fourth-order valence-electron chi connectivity index (χ4n) is 2.57. The molecule has 1 aromatic heterocycles. The van der Waals surface area contributed by atoms with Crippen molar-refractivity contribution in [1.82, 2.24) is 9.97 Å². The van der Waals surface area contributed by atoms with E-state index < -0.39 is 5.97 Å². The van der Waals surface area contributed by atoms with Crippen LogP contribution in [0.2, 0.25) is 0 Å². The zero-order valence-corrected chi connectivity index (χ0v) is 11.4. The third-order valence-electron chi connectivity index (χ3n) is 3.49. The lowest BCUT2D eigenvalue weighted by molar-refractivity contribution is 0.0593. The minimum Gasteiger partial charge on any atom is -0.464 e. The highest BCUT2D eigenvalue weighted by Crippen LogP contribution is 2.36. The van der Waals surface area contributed by atoms with Crippen LogP contribution < -0.4 is 4.90 Å². The van der Waals surface area contributed by atoms with Crippen molar-refractivity contribution in [1.29, 1.82) is 0 Å². The Balaban J connectivity index is 1.95. The van der Waals surface area contributed by atoms with Crippen LogP contribution in [0.25, 0.3) is 0 Å². The zero-order chi connectivity index (χ0) is 14.1. The summed E-state index contributed by atoms with van der Waals surface area (Å²) in [6, 6.07) is 8.59. The maximum atomic E-state index is 11.4. The van der Waals surface area contributed by atoms with Crippen LogP contribution >= 0.6 is 0 Å².